The standard InChI is InChI=1S/C7H8BNO2/c9-6-1-2-7-5(3-6)4-11-8(7)10/h1-3,10H,4,9H2. The van der Waals surface area contributed by atoms with Crippen LogP contribution in [-0.4, -0.2) is 12.1 Å². The van der Waals surface area contributed by atoms with E-state index < -0.39 is 7.12 Å². The maximum absolute atomic E-state index is 9.21. The van der Waals surface area contributed by atoms with Gasteiger partial charge >= 0.3 is 7.12 Å². The molecule has 4 heteroatoms. The Morgan fingerprint density at radius 3 is 3.18 bits per heavy atom. The number of anilines is 1. The summed E-state index contributed by atoms with van der Waals surface area (Å²) in [7, 11) is -0.759. The molecule has 1 aromatic carbocycles. The van der Waals surface area contributed by atoms with Crippen molar-refractivity contribution < 1.29 is 9.68 Å². The zero-order valence-corrected chi connectivity index (χ0v) is 5.95. The first-order valence-corrected chi connectivity index (χ1v) is 3.45. The van der Waals surface area contributed by atoms with Crippen molar-refractivity contribution in [3.63, 3.8) is 0 Å². The lowest BCUT2D eigenvalue weighted by Gasteiger charge is -1.97. The van der Waals surface area contributed by atoms with Crippen molar-refractivity contribution in [2.45, 2.75) is 6.61 Å². The molecule has 0 saturated heterocycles. The van der Waals surface area contributed by atoms with E-state index in [0.717, 1.165) is 11.0 Å². The molecule has 56 valence electrons. The zero-order chi connectivity index (χ0) is 7.84. The molecular formula is C7H8BNO2. The third kappa shape index (κ3) is 1.00. The average molecular weight is 149 g/mol. The predicted molar refractivity (Wildman–Crippen MR) is 43.3 cm³/mol. The first-order valence-electron chi connectivity index (χ1n) is 3.45. The molecule has 1 heterocycles. The van der Waals surface area contributed by atoms with Crippen LogP contribution in [0.4, 0.5) is 5.69 Å². The maximum Gasteiger partial charge on any atom is 0.491 e. The second kappa shape index (κ2) is 2.25. The molecule has 0 amide bonds. The van der Waals surface area contributed by atoms with Crippen molar-refractivity contribution in [3.05, 3.63) is 23.8 Å². The van der Waals surface area contributed by atoms with Crippen molar-refractivity contribution in [2.75, 3.05) is 5.73 Å². The number of hydrogen-bond donors (Lipinski definition) is 2. The van der Waals surface area contributed by atoms with E-state index in [9.17, 15) is 5.02 Å². The van der Waals surface area contributed by atoms with Gasteiger partial charge in [0.25, 0.3) is 0 Å². The van der Waals surface area contributed by atoms with Gasteiger partial charge < -0.3 is 15.4 Å². The van der Waals surface area contributed by atoms with Gasteiger partial charge in [-0.25, -0.2) is 0 Å². The normalized spacial score (nSPS) is 15.2. The Balaban J connectivity index is 2.50. The van der Waals surface area contributed by atoms with Gasteiger partial charge in [-0.05, 0) is 23.2 Å². The smallest absolute Gasteiger partial charge is 0.423 e. The summed E-state index contributed by atoms with van der Waals surface area (Å²) in [4.78, 5) is 0. The van der Waals surface area contributed by atoms with Crippen LogP contribution in [0.1, 0.15) is 5.56 Å². The number of nitrogens with two attached hydrogens (primary N) is 1. The minimum Gasteiger partial charge on any atom is -0.423 e. The lowest BCUT2D eigenvalue weighted by atomic mass is 9.79. The van der Waals surface area contributed by atoms with E-state index in [2.05, 4.69) is 0 Å². The molecule has 0 spiro atoms. The van der Waals surface area contributed by atoms with Gasteiger partial charge in [-0.1, -0.05) is 6.07 Å². The van der Waals surface area contributed by atoms with E-state index in [1.165, 1.54) is 0 Å². The van der Waals surface area contributed by atoms with E-state index in [1.54, 1.807) is 12.1 Å². The van der Waals surface area contributed by atoms with Crippen LogP contribution in [0.3, 0.4) is 0 Å². The summed E-state index contributed by atoms with van der Waals surface area (Å²) in [5.41, 5.74) is 8.07. The van der Waals surface area contributed by atoms with Crippen molar-refractivity contribution >= 4 is 18.3 Å². The fourth-order valence-corrected chi connectivity index (χ4v) is 1.25. The Hall–Kier alpha value is -0.995. The minimum absolute atomic E-state index is 0.460. The van der Waals surface area contributed by atoms with E-state index in [4.69, 9.17) is 10.4 Å². The van der Waals surface area contributed by atoms with Gasteiger partial charge in [-0.3, -0.25) is 0 Å². The zero-order valence-electron chi connectivity index (χ0n) is 5.95. The molecular weight excluding hydrogens is 141 g/mol. The van der Waals surface area contributed by atoms with E-state index in [0.29, 0.717) is 12.3 Å². The largest absolute Gasteiger partial charge is 0.491 e. The highest BCUT2D eigenvalue weighted by Gasteiger charge is 2.26. The van der Waals surface area contributed by atoms with Crippen LogP contribution < -0.4 is 11.2 Å². The monoisotopic (exact) mass is 149 g/mol. The summed E-state index contributed by atoms with van der Waals surface area (Å²) in [6.07, 6.45) is 0. The quantitative estimate of drug-likeness (QED) is 0.385. The Bertz CT molecular complexity index is 290. The van der Waals surface area contributed by atoms with Crippen LogP contribution in [0.2, 0.25) is 0 Å². The minimum atomic E-state index is -0.759. The number of rotatable bonds is 0. The van der Waals surface area contributed by atoms with Crippen LogP contribution in [-0.2, 0) is 11.3 Å². The topological polar surface area (TPSA) is 55.5 Å². The Morgan fingerprint density at radius 1 is 1.55 bits per heavy atom. The highest BCUT2D eigenvalue weighted by molar-refractivity contribution is 6.61. The van der Waals surface area contributed by atoms with Crippen LogP contribution in [0.15, 0.2) is 18.2 Å². The summed E-state index contributed by atoms with van der Waals surface area (Å²) < 4.78 is 4.98. The SMILES string of the molecule is Nc1ccc2c(c1)COB2O. The van der Waals surface area contributed by atoms with Gasteiger partial charge in [0, 0.05) is 5.69 Å². The van der Waals surface area contributed by atoms with Crippen LogP contribution >= 0.6 is 0 Å². The molecule has 11 heavy (non-hydrogen) atoms. The summed E-state index contributed by atoms with van der Waals surface area (Å²) in [5.74, 6) is 0. The lowest BCUT2D eigenvalue weighted by molar-refractivity contribution is 0.275. The number of benzene rings is 1. The molecule has 0 atom stereocenters. The lowest BCUT2D eigenvalue weighted by Crippen LogP contribution is -2.27. The molecule has 0 fully saturated rings. The van der Waals surface area contributed by atoms with Gasteiger partial charge in [0.2, 0.25) is 0 Å². The first kappa shape index (κ1) is 6.70. The summed E-state index contributed by atoms with van der Waals surface area (Å²) in [6.45, 7) is 0.460. The fraction of sp³-hybridized carbons (Fsp3) is 0.143. The van der Waals surface area contributed by atoms with Gasteiger partial charge in [0.05, 0.1) is 6.61 Å². The number of fused-ring (bicyclic) bond motifs is 1. The second-order valence-corrected chi connectivity index (χ2v) is 2.62. The van der Waals surface area contributed by atoms with E-state index >= 15 is 0 Å². The molecule has 1 aliphatic rings. The van der Waals surface area contributed by atoms with Gasteiger partial charge in [-0.15, -0.1) is 0 Å². The number of hydrogen-bond acceptors (Lipinski definition) is 3. The maximum atomic E-state index is 9.21. The van der Waals surface area contributed by atoms with Gasteiger partial charge in [-0.2, -0.15) is 0 Å². The Kier molecular flexibility index (Phi) is 1.37. The molecule has 3 N–H and O–H groups in total. The molecule has 0 aliphatic carbocycles. The second-order valence-electron chi connectivity index (χ2n) is 2.62. The predicted octanol–water partition coefficient (Wildman–Crippen LogP) is -0.514. The van der Waals surface area contributed by atoms with Crippen molar-refractivity contribution in [1.82, 2.24) is 0 Å². The average Bonchev–Trinajstić information content (AvgIpc) is 2.32. The first-order chi connectivity index (χ1) is 5.27. The Morgan fingerprint density at radius 2 is 2.36 bits per heavy atom. The molecule has 0 bridgehead atoms. The third-order valence-corrected chi connectivity index (χ3v) is 1.83. The molecule has 0 radical (unpaired) electrons. The fourth-order valence-electron chi connectivity index (χ4n) is 1.25. The van der Waals surface area contributed by atoms with Gasteiger partial charge in [0.15, 0.2) is 0 Å². The van der Waals surface area contributed by atoms with Gasteiger partial charge in [0.1, 0.15) is 0 Å². The van der Waals surface area contributed by atoms with Crippen molar-refractivity contribution in [1.29, 1.82) is 0 Å². The molecule has 0 saturated carbocycles. The third-order valence-electron chi connectivity index (χ3n) is 1.83. The summed E-state index contributed by atoms with van der Waals surface area (Å²) in [6, 6.07) is 5.38. The highest BCUT2D eigenvalue weighted by atomic mass is 16.5. The molecule has 0 unspecified atom stereocenters. The van der Waals surface area contributed by atoms with Crippen LogP contribution in [0.5, 0.6) is 0 Å². The molecule has 1 aromatic rings. The van der Waals surface area contributed by atoms with E-state index in [-0.39, 0.29) is 0 Å². The molecule has 0 aromatic heterocycles. The summed E-state index contributed by atoms with van der Waals surface area (Å²) >= 11 is 0. The molecule has 2 rings (SSSR count). The summed E-state index contributed by atoms with van der Waals surface area (Å²) in [5, 5.41) is 9.21. The van der Waals surface area contributed by atoms with E-state index in [1.807, 2.05) is 6.07 Å². The van der Waals surface area contributed by atoms with Crippen molar-refractivity contribution in [3.8, 4) is 0 Å². The van der Waals surface area contributed by atoms with Crippen molar-refractivity contribution in [2.24, 2.45) is 0 Å². The molecule has 1 aliphatic heterocycles. The van der Waals surface area contributed by atoms with Crippen LogP contribution in [0, 0.1) is 0 Å². The van der Waals surface area contributed by atoms with Crippen LogP contribution in [0.25, 0.3) is 0 Å². The highest BCUT2D eigenvalue weighted by Crippen LogP contribution is 2.12. The Labute approximate surface area is 64.9 Å². The number of nitrogen functional groups attached to an aromatic ring is 1. The molecule has 3 nitrogen and oxygen atoms in total.